The number of benzene rings is 2. The molecular weight excluding hydrogens is 359 g/mol. The highest BCUT2D eigenvalue weighted by atomic mass is 32.1. The molecule has 140 valence electrons. The highest BCUT2D eigenvalue weighted by Gasteiger charge is 2.15. The number of carbonyl (C=O) groups excluding carboxylic acids is 1. The third kappa shape index (κ3) is 3.93. The van der Waals surface area contributed by atoms with Crippen LogP contribution < -0.4 is 4.80 Å². The van der Waals surface area contributed by atoms with Crippen LogP contribution in [0.2, 0.25) is 0 Å². The van der Waals surface area contributed by atoms with Crippen molar-refractivity contribution in [1.29, 1.82) is 0 Å². The lowest BCUT2D eigenvalue weighted by molar-refractivity contribution is 0.0997. The van der Waals surface area contributed by atoms with Gasteiger partial charge in [-0.15, -0.1) is 11.3 Å². The first-order chi connectivity index (χ1) is 12.9. The summed E-state index contributed by atoms with van der Waals surface area (Å²) in [6.45, 7) is 9.05. The van der Waals surface area contributed by atoms with E-state index in [2.05, 4.69) is 48.5 Å². The number of carbonyl (C=O) groups is 1. The Morgan fingerprint density at radius 2 is 1.89 bits per heavy atom. The molecule has 1 heterocycles. The summed E-state index contributed by atoms with van der Waals surface area (Å²) in [5.74, 6) is -0.858. The van der Waals surface area contributed by atoms with Gasteiger partial charge in [0.1, 0.15) is 5.82 Å². The summed E-state index contributed by atoms with van der Waals surface area (Å²) in [7, 11) is 0. The third-order valence-corrected chi connectivity index (χ3v) is 5.89. The molecule has 0 aliphatic rings. The van der Waals surface area contributed by atoms with Gasteiger partial charge in [-0.1, -0.05) is 25.1 Å². The summed E-state index contributed by atoms with van der Waals surface area (Å²) < 4.78 is 15.5. The first-order valence-corrected chi connectivity index (χ1v) is 9.91. The van der Waals surface area contributed by atoms with Crippen LogP contribution >= 0.6 is 11.3 Å². The molecule has 3 rings (SSSR count). The molecule has 1 amide bonds. The number of amides is 1. The minimum Gasteiger partial charge on any atom is -0.316 e. The summed E-state index contributed by atoms with van der Waals surface area (Å²) in [5, 5.41) is 0. The van der Waals surface area contributed by atoms with Crippen molar-refractivity contribution < 1.29 is 9.18 Å². The number of rotatable bonds is 4. The van der Waals surface area contributed by atoms with Gasteiger partial charge in [-0.25, -0.2) is 4.39 Å². The zero-order valence-corrected chi connectivity index (χ0v) is 16.9. The molecule has 0 aliphatic heterocycles. The van der Waals surface area contributed by atoms with E-state index in [-0.39, 0.29) is 5.56 Å². The molecule has 0 saturated heterocycles. The van der Waals surface area contributed by atoms with Crippen molar-refractivity contribution in [2.75, 3.05) is 0 Å². The first-order valence-electron chi connectivity index (χ1n) is 9.09. The van der Waals surface area contributed by atoms with Crippen LogP contribution in [0, 0.1) is 19.7 Å². The normalized spacial score (nSPS) is 11.8. The maximum atomic E-state index is 13.4. The number of hydrogen-bond donors (Lipinski definition) is 0. The highest BCUT2D eigenvalue weighted by Crippen LogP contribution is 2.28. The fourth-order valence-corrected chi connectivity index (χ4v) is 4.20. The second kappa shape index (κ2) is 8.01. The smallest absolute Gasteiger partial charge is 0.279 e. The van der Waals surface area contributed by atoms with Crippen LogP contribution in [0.15, 0.2) is 47.5 Å². The summed E-state index contributed by atoms with van der Waals surface area (Å²) in [4.78, 5) is 18.7. The van der Waals surface area contributed by atoms with Crippen molar-refractivity contribution in [3.63, 3.8) is 0 Å². The van der Waals surface area contributed by atoms with Crippen molar-refractivity contribution in [1.82, 2.24) is 4.57 Å². The van der Waals surface area contributed by atoms with Crippen molar-refractivity contribution in [2.45, 2.75) is 40.7 Å². The number of halogens is 1. The van der Waals surface area contributed by atoms with Crippen molar-refractivity contribution in [2.24, 2.45) is 4.99 Å². The van der Waals surface area contributed by atoms with E-state index in [4.69, 9.17) is 0 Å². The van der Waals surface area contributed by atoms with Gasteiger partial charge in [-0.3, -0.25) is 4.79 Å². The lowest BCUT2D eigenvalue weighted by Gasteiger charge is -2.10. The average Bonchev–Trinajstić information content (AvgIpc) is 3.01. The van der Waals surface area contributed by atoms with Gasteiger partial charge in [0.05, 0.1) is 5.69 Å². The zero-order chi connectivity index (χ0) is 19.6. The molecule has 0 unspecified atom stereocenters. The van der Waals surface area contributed by atoms with Gasteiger partial charge < -0.3 is 4.57 Å². The molecule has 0 aliphatic carbocycles. The zero-order valence-electron chi connectivity index (χ0n) is 16.0. The monoisotopic (exact) mass is 382 g/mol. The second-order valence-electron chi connectivity index (χ2n) is 6.48. The van der Waals surface area contributed by atoms with Crippen molar-refractivity contribution in [3.05, 3.63) is 74.7 Å². The van der Waals surface area contributed by atoms with E-state index in [1.54, 1.807) is 6.07 Å². The van der Waals surface area contributed by atoms with Gasteiger partial charge in [0.2, 0.25) is 0 Å². The number of aromatic nitrogens is 1. The van der Waals surface area contributed by atoms with Crippen molar-refractivity contribution in [3.8, 4) is 11.3 Å². The third-order valence-electron chi connectivity index (χ3n) is 4.67. The highest BCUT2D eigenvalue weighted by molar-refractivity contribution is 7.09. The average molecular weight is 383 g/mol. The quantitative estimate of drug-likeness (QED) is 0.603. The van der Waals surface area contributed by atoms with Gasteiger partial charge in [0.25, 0.3) is 5.91 Å². The summed E-state index contributed by atoms with van der Waals surface area (Å²) in [6.07, 6.45) is 0.858. The minimum absolute atomic E-state index is 0.261. The van der Waals surface area contributed by atoms with E-state index in [1.165, 1.54) is 45.5 Å². The topological polar surface area (TPSA) is 34.4 Å². The fraction of sp³-hybridized carbons (Fsp3) is 0.273. The SMILES string of the molecule is CCc1sc(=NC(=O)c2cccc(F)c2)n(CC)c1-c1ccc(C)c(C)c1. The van der Waals surface area contributed by atoms with Gasteiger partial charge in [-0.2, -0.15) is 4.99 Å². The predicted molar refractivity (Wildman–Crippen MR) is 109 cm³/mol. The molecule has 0 fully saturated rings. The van der Waals surface area contributed by atoms with Crippen LogP contribution in [-0.4, -0.2) is 10.5 Å². The Bertz CT molecular complexity index is 1060. The Balaban J connectivity index is 2.16. The number of aryl methyl sites for hydroxylation is 3. The summed E-state index contributed by atoms with van der Waals surface area (Å²) in [5.41, 5.74) is 4.99. The molecule has 0 atom stereocenters. The molecule has 0 saturated carbocycles. The van der Waals surface area contributed by atoms with Crippen LogP contribution in [0.1, 0.15) is 40.2 Å². The molecule has 3 aromatic rings. The van der Waals surface area contributed by atoms with Gasteiger partial charge in [-0.05, 0) is 68.1 Å². The molecule has 27 heavy (non-hydrogen) atoms. The van der Waals surface area contributed by atoms with Crippen LogP contribution in [0.4, 0.5) is 4.39 Å². The van der Waals surface area contributed by atoms with Crippen LogP contribution in [0.5, 0.6) is 0 Å². The largest absolute Gasteiger partial charge is 0.316 e. The molecule has 5 heteroatoms. The van der Waals surface area contributed by atoms with E-state index in [0.717, 1.165) is 17.7 Å². The second-order valence-corrected chi connectivity index (χ2v) is 7.54. The molecule has 0 radical (unpaired) electrons. The predicted octanol–water partition coefficient (Wildman–Crippen LogP) is 5.30. The summed E-state index contributed by atoms with van der Waals surface area (Å²) in [6, 6.07) is 12.1. The number of nitrogens with zero attached hydrogens (tertiary/aromatic N) is 2. The standard InChI is InChI=1S/C22H23FN2OS/c1-5-19-20(16-11-10-14(3)15(4)12-16)25(6-2)22(27-19)24-21(26)17-8-7-9-18(23)13-17/h7-13H,5-6H2,1-4H3. The molecule has 3 nitrogen and oxygen atoms in total. The Kier molecular flexibility index (Phi) is 5.71. The number of thiazole rings is 1. The van der Waals surface area contributed by atoms with E-state index < -0.39 is 11.7 Å². The van der Waals surface area contributed by atoms with E-state index >= 15 is 0 Å². The Morgan fingerprint density at radius 3 is 2.52 bits per heavy atom. The van der Waals surface area contributed by atoms with Gasteiger partial charge >= 0.3 is 0 Å². The molecular formula is C22H23FN2OS. The molecule has 0 spiro atoms. The van der Waals surface area contributed by atoms with E-state index in [9.17, 15) is 9.18 Å². The van der Waals surface area contributed by atoms with E-state index in [0.29, 0.717) is 11.3 Å². The number of hydrogen-bond acceptors (Lipinski definition) is 2. The summed E-state index contributed by atoms with van der Waals surface area (Å²) >= 11 is 1.52. The Morgan fingerprint density at radius 1 is 1.11 bits per heavy atom. The van der Waals surface area contributed by atoms with Crippen molar-refractivity contribution >= 4 is 17.2 Å². The van der Waals surface area contributed by atoms with E-state index in [1.807, 2.05) is 6.92 Å². The maximum Gasteiger partial charge on any atom is 0.279 e. The minimum atomic E-state index is -0.435. The lowest BCUT2D eigenvalue weighted by atomic mass is 10.0. The van der Waals surface area contributed by atoms with Gasteiger partial charge in [0.15, 0.2) is 4.80 Å². The fourth-order valence-electron chi connectivity index (χ4n) is 3.05. The van der Waals surface area contributed by atoms with Gasteiger partial charge in [0, 0.05) is 17.0 Å². The molecule has 0 N–H and O–H groups in total. The molecule has 2 aromatic carbocycles. The maximum absolute atomic E-state index is 13.4. The van der Waals surface area contributed by atoms with Crippen LogP contribution in [0.25, 0.3) is 11.3 Å². The first kappa shape index (κ1) is 19.2. The molecule has 1 aromatic heterocycles. The Hall–Kier alpha value is -2.53. The van der Waals surface area contributed by atoms with Crippen LogP contribution in [-0.2, 0) is 13.0 Å². The Labute approximate surface area is 162 Å². The van der Waals surface area contributed by atoms with Crippen LogP contribution in [0.3, 0.4) is 0 Å². The molecule has 0 bridgehead atoms. The lowest BCUT2D eigenvalue weighted by Crippen LogP contribution is -2.17.